The van der Waals surface area contributed by atoms with Crippen molar-refractivity contribution in [2.75, 3.05) is 7.11 Å². The maximum atomic E-state index is 12.9. The molecule has 1 aliphatic heterocycles. The normalized spacial score (nSPS) is 18.6. The Kier molecular flexibility index (Phi) is 6.53. The van der Waals surface area contributed by atoms with Gasteiger partial charge >= 0.3 is 12.1 Å². The fraction of sp³-hybridized carbons (Fsp3) is 0.364. The minimum absolute atomic E-state index is 0.130. The molecule has 1 aliphatic rings. The van der Waals surface area contributed by atoms with Gasteiger partial charge in [-0.1, -0.05) is 55.8 Å². The molecular weight excluding hydrogens is 358 g/mol. The molecule has 1 amide bonds. The van der Waals surface area contributed by atoms with Crippen molar-refractivity contribution in [3.05, 3.63) is 65.7 Å². The number of rotatable bonds is 8. The molecule has 3 rings (SSSR count). The summed E-state index contributed by atoms with van der Waals surface area (Å²) in [5.74, 6) is 0.290. The molecule has 1 fully saturated rings. The molecular formula is C22H25NO5. The highest BCUT2D eigenvalue weighted by atomic mass is 16.6. The summed E-state index contributed by atoms with van der Waals surface area (Å²) in [5.41, 5.74) is 1.78. The molecule has 28 heavy (non-hydrogen) atoms. The first-order valence-corrected chi connectivity index (χ1v) is 9.43. The van der Waals surface area contributed by atoms with Gasteiger partial charge in [-0.05, 0) is 29.7 Å². The number of cyclic esters (lactones) is 1. The molecule has 2 aromatic carbocycles. The zero-order valence-corrected chi connectivity index (χ0v) is 16.2. The van der Waals surface area contributed by atoms with Crippen LogP contribution in [0.15, 0.2) is 54.6 Å². The van der Waals surface area contributed by atoms with Gasteiger partial charge < -0.3 is 14.2 Å². The second-order valence-corrected chi connectivity index (χ2v) is 6.73. The molecule has 1 heterocycles. The van der Waals surface area contributed by atoms with Crippen LogP contribution >= 0.6 is 0 Å². The Morgan fingerprint density at radius 1 is 1.07 bits per heavy atom. The Morgan fingerprint density at radius 2 is 1.79 bits per heavy atom. The summed E-state index contributed by atoms with van der Waals surface area (Å²) in [6.07, 6.45) is 0.442. The summed E-state index contributed by atoms with van der Waals surface area (Å²) < 4.78 is 16.1. The van der Waals surface area contributed by atoms with Crippen molar-refractivity contribution in [1.82, 2.24) is 4.90 Å². The van der Waals surface area contributed by atoms with Gasteiger partial charge in [0.25, 0.3) is 0 Å². The van der Waals surface area contributed by atoms with E-state index in [9.17, 15) is 9.59 Å². The van der Waals surface area contributed by atoms with Gasteiger partial charge in [-0.15, -0.1) is 0 Å². The predicted octanol–water partition coefficient (Wildman–Crippen LogP) is 3.93. The number of nitrogens with zero attached hydrogens (tertiary/aromatic N) is 1. The monoisotopic (exact) mass is 383 g/mol. The van der Waals surface area contributed by atoms with E-state index in [4.69, 9.17) is 14.2 Å². The average Bonchev–Trinajstić information content (AvgIpc) is 3.02. The maximum Gasteiger partial charge on any atom is 0.411 e. The van der Waals surface area contributed by atoms with Crippen LogP contribution in [0.2, 0.25) is 0 Å². The van der Waals surface area contributed by atoms with E-state index in [0.29, 0.717) is 13.0 Å². The quantitative estimate of drug-likeness (QED) is 0.646. The Bertz CT molecular complexity index is 790. The minimum Gasteiger partial charge on any atom is -0.497 e. The molecule has 148 valence electrons. The highest BCUT2D eigenvalue weighted by Gasteiger charge is 2.46. The summed E-state index contributed by atoms with van der Waals surface area (Å²) >= 11 is 0. The predicted molar refractivity (Wildman–Crippen MR) is 104 cm³/mol. The van der Waals surface area contributed by atoms with Crippen LogP contribution in [0, 0.1) is 0 Å². The van der Waals surface area contributed by atoms with E-state index in [-0.39, 0.29) is 6.61 Å². The molecule has 0 N–H and O–H groups in total. The molecule has 0 aromatic heterocycles. The first-order chi connectivity index (χ1) is 13.6. The fourth-order valence-electron chi connectivity index (χ4n) is 3.26. The van der Waals surface area contributed by atoms with Crippen molar-refractivity contribution in [2.45, 2.75) is 45.1 Å². The van der Waals surface area contributed by atoms with Crippen LogP contribution < -0.4 is 4.74 Å². The van der Waals surface area contributed by atoms with Gasteiger partial charge in [-0.25, -0.2) is 9.59 Å². The maximum absolute atomic E-state index is 12.9. The number of carbonyl (C=O) groups is 2. The zero-order valence-electron chi connectivity index (χ0n) is 16.2. The minimum atomic E-state index is -0.745. The summed E-state index contributed by atoms with van der Waals surface area (Å²) in [6, 6.07) is 16.1. The number of methoxy groups -OCH3 is 1. The second-order valence-electron chi connectivity index (χ2n) is 6.73. The Hall–Kier alpha value is -3.02. The number of hydrogen-bond acceptors (Lipinski definition) is 5. The van der Waals surface area contributed by atoms with E-state index in [1.807, 2.05) is 61.5 Å². The molecule has 1 saturated heterocycles. The van der Waals surface area contributed by atoms with E-state index >= 15 is 0 Å². The third-order valence-electron chi connectivity index (χ3n) is 4.73. The van der Waals surface area contributed by atoms with Gasteiger partial charge in [-0.3, -0.25) is 4.90 Å². The van der Waals surface area contributed by atoms with Crippen molar-refractivity contribution >= 4 is 12.1 Å². The van der Waals surface area contributed by atoms with Crippen molar-refractivity contribution in [1.29, 1.82) is 0 Å². The molecule has 6 nitrogen and oxygen atoms in total. The van der Waals surface area contributed by atoms with E-state index < -0.39 is 24.2 Å². The number of benzene rings is 2. The molecule has 6 heteroatoms. The Balaban J connectivity index is 1.71. The highest BCUT2D eigenvalue weighted by Crippen LogP contribution is 2.26. The molecule has 0 unspecified atom stereocenters. The summed E-state index contributed by atoms with van der Waals surface area (Å²) in [5, 5.41) is 0. The van der Waals surface area contributed by atoms with Crippen LogP contribution in [0.3, 0.4) is 0 Å². The topological polar surface area (TPSA) is 65.1 Å². The number of ether oxygens (including phenoxy) is 3. The molecule has 0 spiro atoms. The molecule has 0 bridgehead atoms. The van der Waals surface area contributed by atoms with Gasteiger partial charge in [0.2, 0.25) is 0 Å². The third-order valence-corrected chi connectivity index (χ3v) is 4.73. The smallest absolute Gasteiger partial charge is 0.411 e. The van der Waals surface area contributed by atoms with Gasteiger partial charge in [0.1, 0.15) is 18.5 Å². The van der Waals surface area contributed by atoms with Crippen LogP contribution in [-0.2, 0) is 27.4 Å². The van der Waals surface area contributed by atoms with Gasteiger partial charge in [-0.2, -0.15) is 0 Å². The molecule has 0 aliphatic carbocycles. The largest absolute Gasteiger partial charge is 0.497 e. The van der Waals surface area contributed by atoms with Crippen molar-refractivity contribution in [3.8, 4) is 5.75 Å². The molecule has 0 saturated carbocycles. The fourth-order valence-corrected chi connectivity index (χ4v) is 3.26. The lowest BCUT2D eigenvalue weighted by atomic mass is 10.1. The number of carbonyl (C=O) groups excluding carboxylic acids is 2. The lowest BCUT2D eigenvalue weighted by Crippen LogP contribution is -2.43. The van der Waals surface area contributed by atoms with Crippen molar-refractivity contribution < 1.29 is 23.8 Å². The van der Waals surface area contributed by atoms with Crippen LogP contribution in [0.5, 0.6) is 5.75 Å². The standard InChI is InChI=1S/C22H25NO5/c1-3-7-19-20(21(24)27-15-17-10-12-18(26-2)13-11-17)23(22(25)28-19)14-16-8-5-4-6-9-16/h4-6,8-13,19-20H,3,7,14-15H2,1-2H3/t19-,20+/m0/s1. The number of amides is 1. The number of hydrogen-bond donors (Lipinski definition) is 0. The van der Waals surface area contributed by atoms with Gasteiger partial charge in [0.05, 0.1) is 13.7 Å². The zero-order chi connectivity index (χ0) is 19.9. The number of esters is 1. The van der Waals surface area contributed by atoms with Crippen molar-refractivity contribution in [3.63, 3.8) is 0 Å². The molecule has 2 aromatic rings. The van der Waals surface area contributed by atoms with Crippen LogP contribution in [-0.4, -0.2) is 36.2 Å². The first kappa shape index (κ1) is 19.7. The molecule has 0 radical (unpaired) electrons. The van der Waals surface area contributed by atoms with Crippen molar-refractivity contribution in [2.24, 2.45) is 0 Å². The second kappa shape index (κ2) is 9.26. The van der Waals surface area contributed by atoms with Gasteiger partial charge in [0, 0.05) is 0 Å². The highest BCUT2D eigenvalue weighted by molar-refractivity contribution is 5.85. The van der Waals surface area contributed by atoms with E-state index in [1.165, 1.54) is 4.90 Å². The van der Waals surface area contributed by atoms with E-state index in [1.54, 1.807) is 7.11 Å². The Labute approximate surface area is 165 Å². The summed E-state index contributed by atoms with van der Waals surface area (Å²) in [4.78, 5) is 26.7. The molecule has 2 atom stereocenters. The first-order valence-electron chi connectivity index (χ1n) is 9.43. The van der Waals surface area contributed by atoms with Crippen LogP contribution in [0.1, 0.15) is 30.9 Å². The van der Waals surface area contributed by atoms with E-state index in [0.717, 1.165) is 23.3 Å². The van der Waals surface area contributed by atoms with Gasteiger partial charge in [0.15, 0.2) is 6.04 Å². The average molecular weight is 383 g/mol. The third kappa shape index (κ3) is 4.63. The summed E-state index contributed by atoms with van der Waals surface area (Å²) in [6.45, 7) is 2.43. The lowest BCUT2D eigenvalue weighted by molar-refractivity contribution is -0.151. The Morgan fingerprint density at radius 3 is 2.43 bits per heavy atom. The summed E-state index contributed by atoms with van der Waals surface area (Å²) in [7, 11) is 1.60. The SMILES string of the molecule is CCC[C@@H]1OC(=O)N(Cc2ccccc2)[C@H]1C(=O)OCc1ccc(OC)cc1. The lowest BCUT2D eigenvalue weighted by Gasteiger charge is -2.23. The van der Waals surface area contributed by atoms with E-state index in [2.05, 4.69) is 0 Å². The van der Waals surface area contributed by atoms with Crippen LogP contribution in [0.25, 0.3) is 0 Å². The van der Waals surface area contributed by atoms with Crippen LogP contribution in [0.4, 0.5) is 4.79 Å².